The number of ether oxygens (including phenoxy) is 1. The molecule has 1 aliphatic heterocycles. The van der Waals surface area contributed by atoms with Gasteiger partial charge in [-0.2, -0.15) is 0 Å². The summed E-state index contributed by atoms with van der Waals surface area (Å²) in [5.41, 5.74) is 1.17. The molecule has 11 heteroatoms. The van der Waals surface area contributed by atoms with Crippen molar-refractivity contribution >= 4 is 35.4 Å². The Hall–Kier alpha value is -3.41. The highest BCUT2D eigenvalue weighted by Crippen LogP contribution is 2.35. The van der Waals surface area contributed by atoms with E-state index in [0.717, 1.165) is 30.6 Å². The van der Waals surface area contributed by atoms with Crippen LogP contribution in [-0.2, 0) is 30.3 Å². The molecule has 3 rings (SSSR count). The first-order chi connectivity index (χ1) is 25.7. The first-order valence-corrected chi connectivity index (χ1v) is 20.7. The number of hydrogen-bond donors (Lipinski definition) is 2. The highest BCUT2D eigenvalue weighted by molar-refractivity contribution is 8.00. The second-order valence-electron chi connectivity index (χ2n) is 15.7. The fraction of sp³-hybridized carbons (Fsp3) is 0.628. The van der Waals surface area contributed by atoms with Crippen LogP contribution in [0.5, 0.6) is 0 Å². The van der Waals surface area contributed by atoms with Crippen LogP contribution in [0.4, 0.5) is 0 Å². The van der Waals surface area contributed by atoms with Gasteiger partial charge in [-0.15, -0.1) is 11.8 Å². The van der Waals surface area contributed by atoms with Gasteiger partial charge in [0.25, 0.3) is 0 Å². The third-order valence-electron chi connectivity index (χ3n) is 10.8. The minimum Gasteiger partial charge on any atom is -0.379 e. The number of amides is 4. The molecule has 2 aromatic rings. The summed E-state index contributed by atoms with van der Waals surface area (Å²) in [7, 11) is 7.12. The lowest BCUT2D eigenvalue weighted by atomic mass is 9.89. The van der Waals surface area contributed by atoms with Gasteiger partial charge in [0.2, 0.25) is 23.6 Å². The van der Waals surface area contributed by atoms with E-state index in [-0.39, 0.29) is 71.6 Å². The van der Waals surface area contributed by atoms with E-state index in [1.165, 1.54) is 5.56 Å². The van der Waals surface area contributed by atoms with Crippen molar-refractivity contribution in [3.8, 4) is 0 Å². The number of likely N-dealkylation sites (tertiary alicyclic amines) is 1. The smallest absolute Gasteiger partial charge is 0.245 e. The molecule has 0 spiro atoms. The molecule has 54 heavy (non-hydrogen) atoms. The molecule has 7 unspecified atom stereocenters. The van der Waals surface area contributed by atoms with Gasteiger partial charge in [0, 0.05) is 49.9 Å². The van der Waals surface area contributed by atoms with Crippen molar-refractivity contribution in [1.29, 1.82) is 0 Å². The lowest BCUT2D eigenvalue weighted by molar-refractivity contribution is -0.146. The Kier molecular flexibility index (Phi) is 18.5. The van der Waals surface area contributed by atoms with Gasteiger partial charge in [-0.05, 0) is 68.8 Å². The van der Waals surface area contributed by atoms with Crippen molar-refractivity contribution in [2.24, 2.45) is 17.8 Å². The standard InChI is InChI=1S/C43H67N5O5S/c1-11-31(6)41(47(9)43(52)39(29(2)3)45-42(51)40(30(4)5)46(7)8)35(53-10)27-38(50)48-26-18-23-34(48)36(54-33-21-16-13-17-22-33)28-37(49)44-25-24-32-19-14-12-15-20-32/h12-17,19-22,29-31,34-36,39-41H,11,18,23-28H2,1-10H3,(H,44,49)(H,45,51). The van der Waals surface area contributed by atoms with Crippen molar-refractivity contribution in [3.05, 3.63) is 66.2 Å². The maximum Gasteiger partial charge on any atom is 0.245 e. The number of nitrogens with zero attached hydrogens (tertiary/aromatic N) is 3. The van der Waals surface area contributed by atoms with Crippen LogP contribution in [-0.4, -0.2) is 115 Å². The summed E-state index contributed by atoms with van der Waals surface area (Å²) in [5, 5.41) is 6.04. The van der Waals surface area contributed by atoms with Gasteiger partial charge in [-0.25, -0.2) is 0 Å². The predicted octanol–water partition coefficient (Wildman–Crippen LogP) is 5.89. The normalized spacial score (nSPS) is 17.9. The van der Waals surface area contributed by atoms with E-state index in [2.05, 4.69) is 36.6 Å². The zero-order chi connectivity index (χ0) is 39.9. The van der Waals surface area contributed by atoms with Crippen LogP contribution in [0.3, 0.4) is 0 Å². The molecule has 4 amide bonds. The monoisotopic (exact) mass is 765 g/mol. The van der Waals surface area contributed by atoms with Crippen LogP contribution >= 0.6 is 11.8 Å². The van der Waals surface area contributed by atoms with E-state index in [0.29, 0.717) is 13.1 Å². The van der Waals surface area contributed by atoms with Gasteiger partial charge in [-0.1, -0.05) is 96.5 Å². The molecule has 7 atom stereocenters. The summed E-state index contributed by atoms with van der Waals surface area (Å²) in [5.74, 6) is -0.521. The molecule has 2 N–H and O–H groups in total. The van der Waals surface area contributed by atoms with Crippen LogP contribution in [0.1, 0.15) is 79.2 Å². The highest BCUT2D eigenvalue weighted by Gasteiger charge is 2.41. The van der Waals surface area contributed by atoms with Crippen LogP contribution in [0.2, 0.25) is 0 Å². The predicted molar refractivity (Wildman–Crippen MR) is 219 cm³/mol. The number of likely N-dealkylation sites (N-methyl/N-ethyl adjacent to an activating group) is 2. The van der Waals surface area contributed by atoms with E-state index in [1.807, 2.05) is 100 Å². The summed E-state index contributed by atoms with van der Waals surface area (Å²) in [4.78, 5) is 62.1. The molecule has 2 aromatic carbocycles. The average Bonchev–Trinajstić information content (AvgIpc) is 3.63. The summed E-state index contributed by atoms with van der Waals surface area (Å²) in [6.07, 6.45) is 2.99. The van der Waals surface area contributed by atoms with E-state index >= 15 is 0 Å². The zero-order valence-corrected chi connectivity index (χ0v) is 35.2. The SMILES string of the molecule is CCC(C)C(C(CC(=O)N1CCCC1C(CC(=O)NCCc1ccccc1)Sc1ccccc1)OC)N(C)C(=O)C(NC(=O)C(C(C)C)N(C)C)C(C)C. The molecule has 1 fully saturated rings. The van der Waals surface area contributed by atoms with E-state index in [4.69, 9.17) is 4.74 Å². The first-order valence-electron chi connectivity index (χ1n) is 19.8. The van der Waals surface area contributed by atoms with Crippen LogP contribution < -0.4 is 10.6 Å². The summed E-state index contributed by atoms with van der Waals surface area (Å²) in [6.45, 7) is 13.2. The summed E-state index contributed by atoms with van der Waals surface area (Å²) >= 11 is 1.65. The molecule has 0 bridgehead atoms. The Morgan fingerprint density at radius 1 is 0.907 bits per heavy atom. The summed E-state index contributed by atoms with van der Waals surface area (Å²) < 4.78 is 6.09. The number of thioether (sulfide) groups is 1. The Labute approximate surface area is 329 Å². The third-order valence-corrected chi connectivity index (χ3v) is 12.1. The van der Waals surface area contributed by atoms with Gasteiger partial charge in [-0.3, -0.25) is 24.1 Å². The quantitative estimate of drug-likeness (QED) is 0.153. The lowest BCUT2D eigenvalue weighted by Gasteiger charge is -2.41. The third kappa shape index (κ3) is 12.8. The van der Waals surface area contributed by atoms with Crippen molar-refractivity contribution in [1.82, 2.24) is 25.3 Å². The molecular weight excluding hydrogens is 699 g/mol. The molecule has 300 valence electrons. The van der Waals surface area contributed by atoms with Crippen LogP contribution in [0, 0.1) is 17.8 Å². The molecule has 0 aromatic heterocycles. The average molecular weight is 766 g/mol. The Bertz CT molecular complexity index is 1450. The maximum atomic E-state index is 14.4. The number of hydrogen-bond acceptors (Lipinski definition) is 7. The molecule has 0 aliphatic carbocycles. The molecule has 0 radical (unpaired) electrons. The fourth-order valence-corrected chi connectivity index (χ4v) is 9.13. The van der Waals surface area contributed by atoms with Gasteiger partial charge < -0.3 is 25.2 Å². The Balaban J connectivity index is 1.80. The van der Waals surface area contributed by atoms with Gasteiger partial charge in [0.15, 0.2) is 0 Å². The second kappa shape index (κ2) is 22.2. The lowest BCUT2D eigenvalue weighted by Crippen LogP contribution is -2.59. The molecule has 0 saturated carbocycles. The van der Waals surface area contributed by atoms with Crippen LogP contribution in [0.15, 0.2) is 65.6 Å². The maximum absolute atomic E-state index is 14.4. The Morgan fingerprint density at radius 3 is 2.09 bits per heavy atom. The first kappa shape index (κ1) is 45.0. The van der Waals surface area contributed by atoms with Crippen molar-refractivity contribution in [2.45, 2.75) is 120 Å². The summed E-state index contributed by atoms with van der Waals surface area (Å²) in [6, 6.07) is 18.5. The van der Waals surface area contributed by atoms with Crippen LogP contribution in [0.25, 0.3) is 0 Å². The molecule has 1 saturated heterocycles. The fourth-order valence-electron chi connectivity index (χ4n) is 7.79. The van der Waals surface area contributed by atoms with Crippen molar-refractivity contribution in [2.75, 3.05) is 41.3 Å². The minimum atomic E-state index is -0.735. The topological polar surface area (TPSA) is 111 Å². The van der Waals surface area contributed by atoms with E-state index in [9.17, 15) is 19.2 Å². The Morgan fingerprint density at radius 2 is 1.54 bits per heavy atom. The van der Waals surface area contributed by atoms with Gasteiger partial charge >= 0.3 is 0 Å². The largest absolute Gasteiger partial charge is 0.379 e. The zero-order valence-electron chi connectivity index (χ0n) is 34.4. The van der Waals surface area contributed by atoms with Crippen molar-refractivity contribution in [3.63, 3.8) is 0 Å². The number of benzene rings is 2. The van der Waals surface area contributed by atoms with Crippen molar-refractivity contribution < 1.29 is 23.9 Å². The number of methoxy groups -OCH3 is 1. The molecular formula is C43H67N5O5S. The molecule has 1 aliphatic rings. The minimum absolute atomic E-state index is 0.0146. The molecule has 1 heterocycles. The number of carbonyl (C=O) groups is 4. The van der Waals surface area contributed by atoms with Gasteiger partial charge in [0.05, 0.1) is 24.6 Å². The van der Waals surface area contributed by atoms with E-state index in [1.54, 1.807) is 30.8 Å². The van der Waals surface area contributed by atoms with Gasteiger partial charge in [0.1, 0.15) is 6.04 Å². The number of nitrogens with one attached hydrogen (secondary N) is 2. The highest BCUT2D eigenvalue weighted by atomic mass is 32.2. The molecule has 10 nitrogen and oxygen atoms in total. The number of rotatable bonds is 21. The van der Waals surface area contributed by atoms with E-state index < -0.39 is 18.2 Å². The number of carbonyl (C=O) groups excluding carboxylic acids is 4. The second-order valence-corrected chi connectivity index (χ2v) is 17.1.